The van der Waals surface area contributed by atoms with Gasteiger partial charge in [-0.15, -0.1) is 0 Å². The van der Waals surface area contributed by atoms with E-state index in [0.717, 1.165) is 25.0 Å². The topological polar surface area (TPSA) is 327 Å². The van der Waals surface area contributed by atoms with Gasteiger partial charge in [0.15, 0.2) is 5.03 Å². The van der Waals surface area contributed by atoms with E-state index in [0.29, 0.717) is 132 Å². The standard InChI is InChI=1S/C19H18ClFN2O3.C18H18ClFN2O3S.C16H18ClFN4O3S.C15H18ClFN2O3.C14H16ClFN2O3/c20-16-9-8-14(11-17(16)21)22-18(24)13-5-4-10-23(12-13)19(25)26-15-6-2-1-3-7-15;19-16-9-8-14(11-17(16)20)21-18(23)13-5-4-10-22(12-13)26(24,25)15-6-2-1-3-7-15;1-21-9-15(19-10-21)26(24,25)22-6-2-3-11(8-22)16(23)20-12-4-5-13(17)14(18)7-12;1-2-22-15(21)19-7-3-4-10(9-19)14(20)18-11-5-6-12(16)13(17)8-11;1-21-14(20)18-6-2-3-9(8-18)13(19)17-10-4-5-11(15)12(16)7-10/h1-3,6-9,11,13H,4-5,10,12H2,(H,22,24);1-3,6-9,11,13H,4-5,10,12H2,(H,21,23);4-5,7,9-11H,2-3,6,8H2,1H3,(H,20,23);5-6,8,10H,2-4,7,9H2,1H3,(H,18,20);4-5,7,9H,2-3,6,8H2,1H3,(H,17,19)/t13-;;;10-;9-/m0..00/s1. The van der Waals surface area contributed by atoms with Gasteiger partial charge < -0.3 is 60.1 Å². The van der Waals surface area contributed by atoms with Crippen molar-refractivity contribution in [3.8, 4) is 5.75 Å². The lowest BCUT2D eigenvalue weighted by Gasteiger charge is -2.31. The molecule has 5 saturated heterocycles. The highest BCUT2D eigenvalue weighted by Gasteiger charge is 2.38. The van der Waals surface area contributed by atoms with Crippen molar-refractivity contribution in [3.63, 3.8) is 0 Å². The van der Waals surface area contributed by atoms with Crippen molar-refractivity contribution < 1.29 is 91.4 Å². The number of rotatable bonds is 16. The van der Waals surface area contributed by atoms with Gasteiger partial charge in [0.25, 0.3) is 10.0 Å². The van der Waals surface area contributed by atoms with Crippen LogP contribution >= 0.6 is 58.0 Å². The molecule has 39 heteroatoms. The number of hydrogen-bond acceptors (Lipinski definition) is 16. The van der Waals surface area contributed by atoms with Gasteiger partial charge in [0, 0.05) is 107 Å². The number of nitrogens with zero attached hydrogens (tertiary/aromatic N) is 7. The zero-order valence-electron chi connectivity index (χ0n) is 65.7. The molecule has 648 valence electrons. The lowest BCUT2D eigenvalue weighted by molar-refractivity contribution is -0.122. The summed E-state index contributed by atoms with van der Waals surface area (Å²) in [5, 5.41) is 13.1. The van der Waals surface area contributed by atoms with Gasteiger partial charge in [0.05, 0.1) is 79.6 Å². The number of imidazole rings is 1. The van der Waals surface area contributed by atoms with Crippen LogP contribution in [0.1, 0.15) is 71.1 Å². The van der Waals surface area contributed by atoms with Crippen LogP contribution in [-0.4, -0.2) is 177 Å². The third kappa shape index (κ3) is 27.7. The first-order chi connectivity index (χ1) is 57.7. The van der Waals surface area contributed by atoms with Gasteiger partial charge in [0.1, 0.15) is 34.8 Å². The molecule has 0 spiro atoms. The molecule has 0 bridgehead atoms. The number of benzene rings is 7. The Morgan fingerprint density at radius 3 is 1.03 bits per heavy atom. The van der Waals surface area contributed by atoms with Crippen LogP contribution in [0.15, 0.2) is 174 Å². The van der Waals surface area contributed by atoms with E-state index < -0.39 is 79.2 Å². The van der Waals surface area contributed by atoms with Crippen LogP contribution < -0.4 is 31.3 Å². The smallest absolute Gasteiger partial charge is 0.415 e. The Balaban J connectivity index is 0.000000172. The average Bonchev–Trinajstić information content (AvgIpc) is 1.24. The molecule has 8 aromatic rings. The molecule has 5 N–H and O–H groups in total. The van der Waals surface area contributed by atoms with Crippen LogP contribution in [0.5, 0.6) is 5.75 Å². The van der Waals surface area contributed by atoms with Gasteiger partial charge in [-0.2, -0.15) is 8.61 Å². The van der Waals surface area contributed by atoms with Crippen LogP contribution in [0, 0.1) is 58.7 Å². The monoisotopic (exact) mass is 1810 g/mol. The first-order valence-electron chi connectivity index (χ1n) is 38.3. The summed E-state index contributed by atoms with van der Waals surface area (Å²) in [4.78, 5) is 106. The molecule has 121 heavy (non-hydrogen) atoms. The summed E-state index contributed by atoms with van der Waals surface area (Å²) in [5.41, 5.74) is 1.60. The summed E-state index contributed by atoms with van der Waals surface area (Å²) in [7, 11) is -4.39. The van der Waals surface area contributed by atoms with Crippen molar-refractivity contribution in [1.82, 2.24) is 32.9 Å². The Hall–Kier alpha value is -10.2. The SMILES string of the molecule is CCOC(=O)N1CCC[C@H](C(=O)Nc2ccc(Cl)c(F)c2)C1.COC(=O)N1CCC[C@H](C(=O)Nc2ccc(Cl)c(F)c2)C1.Cn1cnc(S(=O)(=O)N2CCCC(C(=O)Nc3ccc(Cl)c(F)c3)C2)c1.O=C(Nc1ccc(Cl)c(F)c1)C1CCCN(S(=O)(=O)c2ccccc2)C1.O=C(Nc1ccc(Cl)c(F)c1)[C@H]1CCCN(C(=O)Oc2ccccc2)C1. The van der Waals surface area contributed by atoms with E-state index in [2.05, 4.69) is 36.3 Å². The molecule has 13 rings (SSSR count). The number of sulfonamides is 2. The van der Waals surface area contributed by atoms with Crippen molar-refractivity contribution in [2.45, 2.75) is 81.1 Å². The lowest BCUT2D eigenvalue weighted by Crippen LogP contribution is -2.44. The van der Waals surface area contributed by atoms with Crippen molar-refractivity contribution in [2.75, 3.05) is 106 Å². The Morgan fingerprint density at radius 2 is 0.719 bits per heavy atom. The normalized spacial score (nSPS) is 18.0. The number of carbonyl (C=O) groups excluding carboxylic acids is 8. The maximum absolute atomic E-state index is 13.5. The number of aryl methyl sites for hydroxylation is 1. The van der Waals surface area contributed by atoms with Gasteiger partial charge in [-0.25, -0.2) is 58.2 Å². The molecule has 2 unspecified atom stereocenters. The van der Waals surface area contributed by atoms with Crippen LogP contribution in [0.2, 0.25) is 25.1 Å². The molecule has 8 amide bonds. The Morgan fingerprint density at radius 1 is 0.413 bits per heavy atom. The number of anilines is 5. The fourth-order valence-corrected chi connectivity index (χ4v) is 16.9. The zero-order chi connectivity index (χ0) is 87.7. The third-order valence-corrected chi connectivity index (χ3v) is 24.8. The number of amides is 8. The number of piperidine rings is 5. The van der Waals surface area contributed by atoms with Crippen LogP contribution in [0.25, 0.3) is 0 Å². The average molecular weight is 1820 g/mol. The first kappa shape index (κ1) is 94.7. The minimum atomic E-state index is -3.75. The fraction of sp³-hybridized carbons (Fsp3) is 0.354. The first-order valence-corrected chi connectivity index (χ1v) is 43.1. The van der Waals surface area contributed by atoms with Crippen LogP contribution in [-0.2, 0) is 60.5 Å². The van der Waals surface area contributed by atoms with E-state index in [1.807, 2.05) is 6.07 Å². The van der Waals surface area contributed by atoms with Gasteiger partial charge >= 0.3 is 18.3 Å². The summed E-state index contributed by atoms with van der Waals surface area (Å²) in [6.07, 6.45) is 7.92. The highest BCUT2D eigenvalue weighted by Crippen LogP contribution is 2.32. The predicted molar refractivity (Wildman–Crippen MR) is 448 cm³/mol. The quantitative estimate of drug-likeness (QED) is 0.0561. The van der Waals surface area contributed by atoms with Gasteiger partial charge in [-0.05, 0) is 186 Å². The number of ether oxygens (including phenoxy) is 3. The summed E-state index contributed by atoms with van der Waals surface area (Å²) in [5.74, 6) is -6.08. The number of likely N-dealkylation sites (tertiary alicyclic amines) is 3. The molecule has 0 saturated carbocycles. The second-order valence-electron chi connectivity index (χ2n) is 28.4. The van der Waals surface area contributed by atoms with E-state index in [1.165, 1.54) is 134 Å². The summed E-state index contributed by atoms with van der Waals surface area (Å²) in [6, 6.07) is 37.2. The van der Waals surface area contributed by atoms with E-state index >= 15 is 0 Å². The van der Waals surface area contributed by atoms with Crippen LogP contribution in [0.3, 0.4) is 0 Å². The molecular formula is C82H88Cl5F5N12O15S2. The molecular weight excluding hydrogens is 1730 g/mol. The summed E-state index contributed by atoms with van der Waals surface area (Å²) in [6.45, 7) is 5.45. The molecule has 0 radical (unpaired) electrons. The molecule has 6 heterocycles. The van der Waals surface area contributed by atoms with E-state index in [4.69, 9.17) is 67.5 Å². The Labute approximate surface area is 721 Å². The number of hydrogen-bond donors (Lipinski definition) is 5. The van der Waals surface area contributed by atoms with E-state index in [1.54, 1.807) is 61.0 Å². The fourth-order valence-electron chi connectivity index (χ4n) is 13.3. The van der Waals surface area contributed by atoms with E-state index in [-0.39, 0.29) is 108 Å². The van der Waals surface area contributed by atoms with Crippen molar-refractivity contribution >= 4 is 154 Å². The molecule has 5 atom stereocenters. The molecule has 1 aromatic heterocycles. The van der Waals surface area contributed by atoms with Crippen molar-refractivity contribution in [1.29, 1.82) is 0 Å². The second-order valence-corrected chi connectivity index (χ2v) is 34.2. The van der Waals surface area contributed by atoms with Gasteiger partial charge in [0.2, 0.25) is 39.6 Å². The maximum atomic E-state index is 13.5. The number of para-hydroxylation sites is 1. The number of methoxy groups -OCH3 is 1. The van der Waals surface area contributed by atoms with Gasteiger partial charge in [-0.1, -0.05) is 94.4 Å². The minimum absolute atomic E-state index is 0.00234. The number of aromatic nitrogens is 2. The van der Waals surface area contributed by atoms with E-state index in [9.17, 15) is 77.1 Å². The predicted octanol–water partition coefficient (Wildman–Crippen LogP) is 16.3. The number of nitrogens with one attached hydrogen (secondary N) is 5. The van der Waals surface area contributed by atoms with Crippen molar-refractivity contribution in [2.24, 2.45) is 36.6 Å². The largest absolute Gasteiger partial charge is 0.453 e. The molecule has 5 aliphatic heterocycles. The molecule has 5 aliphatic rings. The lowest BCUT2D eigenvalue weighted by atomic mass is 9.97. The second kappa shape index (κ2) is 45.1. The highest BCUT2D eigenvalue weighted by molar-refractivity contribution is 7.89. The number of halogens is 10. The Kier molecular flexibility index (Phi) is 35.3. The molecule has 7 aromatic carbocycles. The highest BCUT2D eigenvalue weighted by atomic mass is 35.5. The van der Waals surface area contributed by atoms with Crippen molar-refractivity contribution in [3.05, 3.63) is 218 Å². The minimum Gasteiger partial charge on any atom is -0.453 e. The third-order valence-electron chi connectivity index (χ3n) is 19.7. The summed E-state index contributed by atoms with van der Waals surface area (Å²) >= 11 is 28.1. The molecule has 0 aliphatic carbocycles. The Bertz CT molecular complexity index is 5220. The maximum Gasteiger partial charge on any atom is 0.415 e. The summed E-state index contributed by atoms with van der Waals surface area (Å²) < 4.78 is 137. The molecule has 27 nitrogen and oxygen atoms in total. The zero-order valence-corrected chi connectivity index (χ0v) is 71.1. The number of carbonyl (C=O) groups is 8. The molecule has 5 fully saturated rings. The van der Waals surface area contributed by atoms with Gasteiger partial charge in [-0.3, -0.25) is 24.0 Å². The van der Waals surface area contributed by atoms with Crippen LogP contribution in [0.4, 0.5) is 64.8 Å².